The molecule has 2 atom stereocenters. The van der Waals surface area contributed by atoms with Gasteiger partial charge in [0.05, 0.1) is 11.4 Å². The SMILES string of the molecule is CC12CC3CC(C1)CC(Oc1c(N)cccc1N)(C3)C2. The van der Waals surface area contributed by atoms with Gasteiger partial charge >= 0.3 is 0 Å². The molecule has 0 aliphatic heterocycles. The second-order valence-corrected chi connectivity index (χ2v) is 7.82. The van der Waals surface area contributed by atoms with Gasteiger partial charge in [-0.15, -0.1) is 0 Å². The molecule has 0 heterocycles. The van der Waals surface area contributed by atoms with Crippen LogP contribution < -0.4 is 16.2 Å². The molecule has 108 valence electrons. The second-order valence-electron chi connectivity index (χ2n) is 7.82. The predicted molar refractivity (Wildman–Crippen MR) is 81.4 cm³/mol. The van der Waals surface area contributed by atoms with Crippen molar-refractivity contribution < 1.29 is 4.74 Å². The molecule has 0 saturated heterocycles. The Labute approximate surface area is 120 Å². The number of para-hydroxylation sites is 1. The number of rotatable bonds is 2. The van der Waals surface area contributed by atoms with Crippen LogP contribution in [-0.2, 0) is 0 Å². The highest BCUT2D eigenvalue weighted by molar-refractivity contribution is 5.67. The van der Waals surface area contributed by atoms with Gasteiger partial charge in [-0.25, -0.2) is 0 Å². The van der Waals surface area contributed by atoms with Crippen molar-refractivity contribution in [1.82, 2.24) is 0 Å². The molecule has 4 fully saturated rings. The molecule has 5 rings (SSSR count). The summed E-state index contributed by atoms with van der Waals surface area (Å²) in [6, 6.07) is 5.65. The van der Waals surface area contributed by atoms with Crippen LogP contribution in [0.15, 0.2) is 18.2 Å². The zero-order valence-corrected chi connectivity index (χ0v) is 12.2. The molecule has 3 heteroatoms. The summed E-state index contributed by atoms with van der Waals surface area (Å²) < 4.78 is 6.49. The van der Waals surface area contributed by atoms with Crippen LogP contribution in [0.25, 0.3) is 0 Å². The first kappa shape index (κ1) is 12.4. The van der Waals surface area contributed by atoms with Crippen molar-refractivity contribution in [3.05, 3.63) is 18.2 Å². The number of benzene rings is 1. The lowest BCUT2D eigenvalue weighted by Crippen LogP contribution is -2.57. The molecule has 4 saturated carbocycles. The van der Waals surface area contributed by atoms with Crippen LogP contribution in [0.5, 0.6) is 5.75 Å². The van der Waals surface area contributed by atoms with E-state index in [2.05, 4.69) is 6.92 Å². The van der Waals surface area contributed by atoms with Crippen LogP contribution in [0.4, 0.5) is 11.4 Å². The highest BCUT2D eigenvalue weighted by atomic mass is 16.5. The van der Waals surface area contributed by atoms with E-state index >= 15 is 0 Å². The monoisotopic (exact) mass is 272 g/mol. The van der Waals surface area contributed by atoms with Crippen LogP contribution >= 0.6 is 0 Å². The Morgan fingerprint density at radius 1 is 1.05 bits per heavy atom. The highest BCUT2D eigenvalue weighted by Crippen LogP contribution is 2.62. The first-order chi connectivity index (χ1) is 9.47. The summed E-state index contributed by atoms with van der Waals surface area (Å²) in [5.74, 6) is 2.40. The molecule has 0 spiro atoms. The molecule has 20 heavy (non-hydrogen) atoms. The normalized spacial score (nSPS) is 41.9. The Kier molecular flexibility index (Phi) is 2.37. The van der Waals surface area contributed by atoms with Crippen molar-refractivity contribution in [1.29, 1.82) is 0 Å². The van der Waals surface area contributed by atoms with Crippen LogP contribution in [0.1, 0.15) is 45.4 Å². The minimum absolute atomic E-state index is 0.0115. The van der Waals surface area contributed by atoms with E-state index in [1.165, 1.54) is 38.5 Å². The lowest BCUT2D eigenvalue weighted by atomic mass is 9.48. The van der Waals surface area contributed by atoms with Gasteiger partial charge in [-0.05, 0) is 67.9 Å². The summed E-state index contributed by atoms with van der Waals surface area (Å²) in [4.78, 5) is 0. The van der Waals surface area contributed by atoms with Gasteiger partial charge in [0.15, 0.2) is 5.75 Å². The summed E-state index contributed by atoms with van der Waals surface area (Å²) in [5, 5.41) is 0. The Morgan fingerprint density at radius 2 is 1.65 bits per heavy atom. The highest BCUT2D eigenvalue weighted by Gasteiger charge is 2.57. The van der Waals surface area contributed by atoms with E-state index in [0.717, 1.165) is 17.6 Å². The van der Waals surface area contributed by atoms with Gasteiger partial charge in [0.1, 0.15) is 5.60 Å². The molecule has 4 N–H and O–H groups in total. The molecule has 4 aliphatic rings. The van der Waals surface area contributed by atoms with E-state index in [0.29, 0.717) is 16.8 Å². The number of hydrogen-bond acceptors (Lipinski definition) is 3. The first-order valence-corrected chi connectivity index (χ1v) is 7.80. The van der Waals surface area contributed by atoms with E-state index in [4.69, 9.17) is 16.2 Å². The Hall–Kier alpha value is -1.38. The summed E-state index contributed by atoms with van der Waals surface area (Å²) in [7, 11) is 0. The van der Waals surface area contributed by atoms with E-state index in [1.54, 1.807) is 0 Å². The molecule has 4 bridgehead atoms. The van der Waals surface area contributed by atoms with E-state index in [-0.39, 0.29) is 5.60 Å². The molecule has 0 radical (unpaired) electrons. The predicted octanol–water partition coefficient (Wildman–Crippen LogP) is 3.59. The maximum Gasteiger partial charge on any atom is 0.165 e. The standard InChI is InChI=1S/C17H24N2O/c1-16-6-11-5-12(7-16)9-17(8-11,10-16)20-15-13(18)3-2-4-14(15)19/h2-4,11-12H,5-10,18-19H2,1H3. The van der Waals surface area contributed by atoms with Crippen molar-refractivity contribution in [2.45, 2.75) is 51.0 Å². The van der Waals surface area contributed by atoms with Crippen LogP contribution in [0.3, 0.4) is 0 Å². The van der Waals surface area contributed by atoms with Crippen molar-refractivity contribution in [2.24, 2.45) is 17.3 Å². The lowest BCUT2D eigenvalue weighted by Gasteiger charge is -2.60. The van der Waals surface area contributed by atoms with Gasteiger partial charge in [0, 0.05) is 0 Å². The first-order valence-electron chi connectivity index (χ1n) is 7.80. The second kappa shape index (κ2) is 3.84. The van der Waals surface area contributed by atoms with Crippen molar-refractivity contribution in [3.63, 3.8) is 0 Å². The fraction of sp³-hybridized carbons (Fsp3) is 0.647. The van der Waals surface area contributed by atoms with E-state index < -0.39 is 0 Å². The Balaban J connectivity index is 1.68. The number of anilines is 2. The van der Waals surface area contributed by atoms with Gasteiger partial charge in [-0.1, -0.05) is 13.0 Å². The third-order valence-electron chi connectivity index (χ3n) is 5.69. The number of hydrogen-bond donors (Lipinski definition) is 2. The number of nitrogen functional groups attached to an aromatic ring is 2. The zero-order valence-electron chi connectivity index (χ0n) is 12.2. The quantitative estimate of drug-likeness (QED) is 0.809. The molecule has 2 unspecified atom stereocenters. The van der Waals surface area contributed by atoms with Crippen molar-refractivity contribution in [3.8, 4) is 5.75 Å². The summed E-state index contributed by atoms with van der Waals surface area (Å²) in [6.07, 6.45) is 7.71. The molecular formula is C17H24N2O. The maximum absolute atomic E-state index is 6.49. The summed E-state index contributed by atoms with van der Waals surface area (Å²) in [5.41, 5.74) is 14.0. The van der Waals surface area contributed by atoms with Crippen LogP contribution in [-0.4, -0.2) is 5.60 Å². The van der Waals surface area contributed by atoms with E-state index in [1.807, 2.05) is 18.2 Å². The molecule has 1 aromatic carbocycles. The third-order valence-corrected chi connectivity index (χ3v) is 5.69. The molecule has 0 amide bonds. The Bertz CT molecular complexity index is 520. The largest absolute Gasteiger partial charge is 0.483 e. The Morgan fingerprint density at radius 3 is 2.20 bits per heavy atom. The molecule has 0 aromatic heterocycles. The van der Waals surface area contributed by atoms with Gasteiger partial charge in [0.25, 0.3) is 0 Å². The van der Waals surface area contributed by atoms with Crippen LogP contribution in [0, 0.1) is 17.3 Å². The average Bonchev–Trinajstić information content (AvgIpc) is 2.31. The van der Waals surface area contributed by atoms with Crippen molar-refractivity contribution in [2.75, 3.05) is 11.5 Å². The minimum Gasteiger partial charge on any atom is -0.483 e. The fourth-order valence-electron chi connectivity index (χ4n) is 5.66. The molecule has 3 nitrogen and oxygen atoms in total. The zero-order chi connectivity index (χ0) is 14.0. The number of ether oxygens (including phenoxy) is 1. The molecule has 1 aromatic rings. The summed E-state index contributed by atoms with van der Waals surface area (Å²) >= 11 is 0. The number of nitrogens with two attached hydrogens (primary N) is 2. The summed E-state index contributed by atoms with van der Waals surface area (Å²) in [6.45, 7) is 2.44. The van der Waals surface area contributed by atoms with Gasteiger partial charge in [-0.2, -0.15) is 0 Å². The van der Waals surface area contributed by atoms with Crippen molar-refractivity contribution >= 4 is 11.4 Å². The molecule has 4 aliphatic carbocycles. The minimum atomic E-state index is -0.0115. The van der Waals surface area contributed by atoms with Gasteiger partial charge in [-0.3, -0.25) is 0 Å². The third kappa shape index (κ3) is 1.79. The van der Waals surface area contributed by atoms with Gasteiger partial charge in [0.2, 0.25) is 0 Å². The fourth-order valence-corrected chi connectivity index (χ4v) is 5.66. The van der Waals surface area contributed by atoms with Crippen LogP contribution in [0.2, 0.25) is 0 Å². The molecular weight excluding hydrogens is 248 g/mol. The maximum atomic E-state index is 6.49. The van der Waals surface area contributed by atoms with E-state index in [9.17, 15) is 0 Å². The average molecular weight is 272 g/mol. The smallest absolute Gasteiger partial charge is 0.165 e. The lowest BCUT2D eigenvalue weighted by molar-refractivity contribution is -0.142. The van der Waals surface area contributed by atoms with Gasteiger partial charge < -0.3 is 16.2 Å². The topological polar surface area (TPSA) is 61.3 Å².